The van der Waals surface area contributed by atoms with Gasteiger partial charge in [-0.2, -0.15) is 0 Å². The van der Waals surface area contributed by atoms with Gasteiger partial charge in [0, 0.05) is 0 Å². The molecule has 4 nitrogen and oxygen atoms in total. The van der Waals surface area contributed by atoms with Crippen molar-refractivity contribution in [3.63, 3.8) is 0 Å². The maximum absolute atomic E-state index is 9.43. The molecule has 5 heteroatoms. The fourth-order valence-corrected chi connectivity index (χ4v) is 3.55. The van der Waals surface area contributed by atoms with Crippen molar-refractivity contribution in [1.82, 2.24) is 0 Å². The molecule has 0 fully saturated rings. The van der Waals surface area contributed by atoms with Gasteiger partial charge in [0.2, 0.25) is 0 Å². The van der Waals surface area contributed by atoms with Crippen LogP contribution in [0.1, 0.15) is 136 Å². The summed E-state index contributed by atoms with van der Waals surface area (Å²) in [6.07, 6.45) is 23.8. The van der Waals surface area contributed by atoms with E-state index in [-0.39, 0.29) is 0 Å². The summed E-state index contributed by atoms with van der Waals surface area (Å²) in [7, 11) is 0. The number of hydrogen-bond donors (Lipinski definition) is 2. The molecule has 0 radical (unpaired) electrons. The van der Waals surface area contributed by atoms with Crippen molar-refractivity contribution in [3.05, 3.63) is 0 Å². The van der Waals surface area contributed by atoms with Gasteiger partial charge in [-0.25, -0.2) is 0 Å². The number of carboxylic acid groups (broad SMARTS) is 2. The van der Waals surface area contributed by atoms with E-state index in [9.17, 15) is 9.59 Å². The van der Waals surface area contributed by atoms with Crippen molar-refractivity contribution in [2.45, 2.75) is 140 Å². The van der Waals surface area contributed by atoms with Gasteiger partial charge in [-0.15, -0.1) is 0 Å². The first-order valence-electron chi connectivity index (χ1n) is 12.2. The van der Waals surface area contributed by atoms with E-state index < -0.39 is 18.4 Å². The van der Waals surface area contributed by atoms with Crippen molar-refractivity contribution in [1.29, 1.82) is 0 Å². The standard InChI is InChI=1S/C21H43.C3H4O4.Li/c1-4-6-8-10-11-12-13-14-16-18-20-21(3)19-17-15-9-7-5-2;4-2(5)1-3(6)7;/h4-20H2,1-3H3;1H2,(H,4,5)(H,6,7);. The molecule has 1 unspecified atom stereocenters. The van der Waals surface area contributed by atoms with E-state index in [0.29, 0.717) is 4.09 Å². The van der Waals surface area contributed by atoms with Crippen LogP contribution in [0.15, 0.2) is 0 Å². The Morgan fingerprint density at radius 2 is 0.897 bits per heavy atom. The predicted octanol–water partition coefficient (Wildman–Crippen LogP) is 7.55. The fourth-order valence-electron chi connectivity index (χ4n) is 3.55. The van der Waals surface area contributed by atoms with Crippen LogP contribution in [-0.4, -0.2) is 39.9 Å². The van der Waals surface area contributed by atoms with Gasteiger partial charge in [0.1, 0.15) is 6.42 Å². The third-order valence-electron chi connectivity index (χ3n) is 5.47. The number of rotatable bonds is 19. The summed E-state index contributed by atoms with van der Waals surface area (Å²) < 4.78 is 0.590. The number of aliphatic carboxylic acids is 2. The van der Waals surface area contributed by atoms with Crippen LogP contribution in [0.2, 0.25) is 4.09 Å². The minimum absolute atomic E-state index is 0.590. The topological polar surface area (TPSA) is 74.6 Å². The second-order valence-electron chi connectivity index (χ2n) is 9.22. The van der Waals surface area contributed by atoms with Gasteiger partial charge in [-0.1, -0.05) is 6.92 Å². The van der Waals surface area contributed by atoms with E-state index in [2.05, 4.69) is 38.5 Å². The maximum atomic E-state index is 9.43. The van der Waals surface area contributed by atoms with E-state index in [1.807, 2.05) is 0 Å². The molecule has 29 heavy (non-hydrogen) atoms. The number of unbranched alkanes of at least 4 members (excludes halogenated alkanes) is 13. The van der Waals surface area contributed by atoms with Crippen LogP contribution in [0.25, 0.3) is 0 Å². The molecule has 0 aromatic carbocycles. The molecule has 168 valence electrons. The Kier molecular flexibility index (Phi) is 23.6. The number of hydrogen-bond acceptors (Lipinski definition) is 2. The molecule has 0 aliphatic rings. The molecule has 0 bridgehead atoms. The van der Waals surface area contributed by atoms with Crippen molar-refractivity contribution >= 4 is 29.7 Å². The van der Waals surface area contributed by atoms with Crippen LogP contribution in [-0.2, 0) is 9.59 Å². The SMILES string of the molecule is O=C(O)CC(=O)O.[Li][C](C)(CCCCCCC)CCCCCCCCCCCC. The van der Waals surface area contributed by atoms with Crippen LogP contribution in [0.3, 0.4) is 0 Å². The molecule has 0 rings (SSSR count). The third-order valence-corrected chi connectivity index (χ3v) is 5.47. The molecule has 0 aromatic rings. The molecule has 0 saturated carbocycles. The molecular formula is C24H47LiO4. The second-order valence-corrected chi connectivity index (χ2v) is 9.22. The summed E-state index contributed by atoms with van der Waals surface area (Å²) in [5.41, 5.74) is 0. The van der Waals surface area contributed by atoms with Crippen LogP contribution >= 0.6 is 0 Å². The first-order chi connectivity index (χ1) is 13.7. The zero-order valence-electron chi connectivity index (χ0n) is 19.9. The Morgan fingerprint density at radius 1 is 0.621 bits per heavy atom. The molecule has 0 saturated heterocycles. The van der Waals surface area contributed by atoms with Crippen molar-refractivity contribution in [3.8, 4) is 0 Å². The summed E-state index contributed by atoms with van der Waals surface area (Å²) in [4.78, 5) is 18.9. The van der Waals surface area contributed by atoms with Crippen molar-refractivity contribution < 1.29 is 19.8 Å². The molecule has 0 heterocycles. The molecule has 0 aromatic heterocycles. The van der Waals surface area contributed by atoms with Crippen LogP contribution < -0.4 is 0 Å². The smallest absolute Gasteiger partial charge is 0.0654 e. The second kappa shape index (κ2) is 22.2. The monoisotopic (exact) mass is 406 g/mol. The molecule has 1 atom stereocenters. The van der Waals surface area contributed by atoms with E-state index in [4.69, 9.17) is 10.2 Å². The Balaban J connectivity index is 0. The Labute approximate surface area is 189 Å². The predicted molar refractivity (Wildman–Crippen MR) is 124 cm³/mol. The summed E-state index contributed by atoms with van der Waals surface area (Å²) in [6.45, 7) is 7.09. The van der Waals surface area contributed by atoms with E-state index >= 15 is 0 Å². The van der Waals surface area contributed by atoms with Gasteiger partial charge in [-0.3, -0.25) is 9.59 Å². The number of carboxylic acids is 2. The zero-order chi connectivity index (χ0) is 22.4. The Hall–Kier alpha value is -0.463. The summed E-state index contributed by atoms with van der Waals surface area (Å²) in [6, 6.07) is 0. The fraction of sp³-hybridized carbons (Fsp3) is 0.917. The van der Waals surface area contributed by atoms with Crippen LogP contribution in [0.4, 0.5) is 0 Å². The summed E-state index contributed by atoms with van der Waals surface area (Å²) >= 11 is 2.49. The van der Waals surface area contributed by atoms with Crippen LogP contribution in [0.5, 0.6) is 0 Å². The average molecular weight is 407 g/mol. The molecule has 0 amide bonds. The summed E-state index contributed by atoms with van der Waals surface area (Å²) in [5, 5.41) is 15.4. The van der Waals surface area contributed by atoms with Crippen molar-refractivity contribution in [2.75, 3.05) is 0 Å². The third kappa shape index (κ3) is 29.8. The van der Waals surface area contributed by atoms with Gasteiger partial charge >= 0.3 is 157 Å². The average Bonchev–Trinajstić information content (AvgIpc) is 2.62. The molecule has 0 aliphatic heterocycles. The molecule has 0 spiro atoms. The molecular weight excluding hydrogens is 359 g/mol. The first-order valence-corrected chi connectivity index (χ1v) is 12.2. The normalized spacial score (nSPS) is 12.7. The van der Waals surface area contributed by atoms with Gasteiger partial charge in [0.05, 0.1) is 0 Å². The molecule has 0 aliphatic carbocycles. The number of carbonyl (C=O) groups is 2. The van der Waals surface area contributed by atoms with Crippen molar-refractivity contribution in [2.24, 2.45) is 0 Å². The van der Waals surface area contributed by atoms with E-state index in [0.717, 1.165) is 0 Å². The minimum Gasteiger partial charge on any atom is -0.0654 e. The Morgan fingerprint density at radius 3 is 1.14 bits per heavy atom. The van der Waals surface area contributed by atoms with E-state index in [1.165, 1.54) is 109 Å². The Bertz CT molecular complexity index is 371. The quantitative estimate of drug-likeness (QED) is 0.132. The van der Waals surface area contributed by atoms with Gasteiger partial charge < -0.3 is 10.2 Å². The van der Waals surface area contributed by atoms with Gasteiger partial charge in [0.25, 0.3) is 0 Å². The van der Waals surface area contributed by atoms with E-state index in [1.54, 1.807) is 0 Å². The summed E-state index contributed by atoms with van der Waals surface area (Å²) in [5.74, 6) is -2.62. The van der Waals surface area contributed by atoms with Gasteiger partial charge in [0.15, 0.2) is 0 Å². The first kappa shape index (κ1) is 30.7. The van der Waals surface area contributed by atoms with Gasteiger partial charge in [-0.05, 0) is 0 Å². The molecule has 2 N–H and O–H groups in total. The zero-order valence-corrected chi connectivity index (χ0v) is 19.9. The minimum atomic E-state index is -1.31. The van der Waals surface area contributed by atoms with Crippen LogP contribution in [0, 0.1) is 0 Å².